The lowest BCUT2D eigenvalue weighted by molar-refractivity contribution is -0.126. The number of hydrogen-bond acceptors (Lipinski definition) is 3. The fourth-order valence-corrected chi connectivity index (χ4v) is 3.29. The highest BCUT2D eigenvalue weighted by Gasteiger charge is 2.22. The van der Waals surface area contributed by atoms with E-state index in [-0.39, 0.29) is 17.8 Å². The van der Waals surface area contributed by atoms with Crippen LogP contribution in [-0.2, 0) is 4.79 Å². The highest BCUT2D eigenvalue weighted by atomic mass is 19.1. The summed E-state index contributed by atoms with van der Waals surface area (Å²) < 4.78 is 24.0. The molecular weight excluding hydrogens is 381 g/mol. The van der Waals surface area contributed by atoms with E-state index in [1.807, 2.05) is 36.4 Å². The Hall–Kier alpha value is -3.60. The third-order valence-corrected chi connectivity index (χ3v) is 4.86. The molecule has 0 fully saturated rings. The van der Waals surface area contributed by atoms with Crippen molar-refractivity contribution in [1.82, 2.24) is 4.90 Å². The van der Waals surface area contributed by atoms with Gasteiger partial charge in [-0.2, -0.15) is 0 Å². The van der Waals surface area contributed by atoms with E-state index in [0.717, 1.165) is 16.7 Å². The van der Waals surface area contributed by atoms with E-state index in [2.05, 4.69) is 0 Å². The first-order chi connectivity index (χ1) is 14.5. The van der Waals surface area contributed by atoms with Crippen LogP contribution in [0.4, 0.5) is 4.39 Å². The highest BCUT2D eigenvalue weighted by Crippen LogP contribution is 2.29. The largest absolute Gasteiger partial charge is 0.493 e. The summed E-state index contributed by atoms with van der Waals surface area (Å²) >= 11 is 0. The third-order valence-electron chi connectivity index (χ3n) is 4.86. The van der Waals surface area contributed by atoms with Gasteiger partial charge in [0.1, 0.15) is 5.82 Å². The second-order valence-electron chi connectivity index (χ2n) is 6.76. The predicted molar refractivity (Wildman–Crippen MR) is 116 cm³/mol. The maximum atomic E-state index is 13.4. The molecule has 0 saturated heterocycles. The highest BCUT2D eigenvalue weighted by molar-refractivity contribution is 5.92. The normalized spacial score (nSPS) is 11.9. The Labute approximate surface area is 176 Å². The van der Waals surface area contributed by atoms with E-state index >= 15 is 0 Å². The van der Waals surface area contributed by atoms with Gasteiger partial charge in [-0.15, -0.1) is 0 Å². The van der Waals surface area contributed by atoms with Gasteiger partial charge in [-0.25, -0.2) is 4.39 Å². The van der Waals surface area contributed by atoms with Crippen LogP contribution < -0.4 is 9.47 Å². The Bertz CT molecular complexity index is 1020. The average Bonchev–Trinajstić information content (AvgIpc) is 2.79. The fraction of sp³-hybridized carbons (Fsp3) is 0.160. The SMILES string of the molecule is COc1ccc(/C=C/C(=O)N(C)C(c2ccccc2)c2ccc(F)cc2)cc1OC. The minimum absolute atomic E-state index is 0.178. The van der Waals surface area contributed by atoms with E-state index in [1.165, 1.54) is 18.2 Å². The molecule has 0 N–H and O–H groups in total. The Morgan fingerprint density at radius 2 is 1.53 bits per heavy atom. The number of hydrogen-bond donors (Lipinski definition) is 0. The lowest BCUT2D eigenvalue weighted by Gasteiger charge is -2.28. The van der Waals surface area contributed by atoms with Gasteiger partial charge in [0.05, 0.1) is 20.3 Å². The summed E-state index contributed by atoms with van der Waals surface area (Å²) in [5, 5.41) is 0. The molecule has 3 aromatic carbocycles. The van der Waals surface area contributed by atoms with Gasteiger partial charge in [0, 0.05) is 13.1 Å². The maximum absolute atomic E-state index is 13.4. The number of likely N-dealkylation sites (N-methyl/N-ethyl adjacent to an activating group) is 1. The summed E-state index contributed by atoms with van der Waals surface area (Å²) in [6.45, 7) is 0. The second-order valence-corrected chi connectivity index (χ2v) is 6.76. The second kappa shape index (κ2) is 9.74. The van der Waals surface area contributed by atoms with E-state index in [9.17, 15) is 9.18 Å². The van der Waals surface area contributed by atoms with Crippen molar-refractivity contribution in [3.8, 4) is 11.5 Å². The number of benzene rings is 3. The molecule has 4 nitrogen and oxygen atoms in total. The molecule has 0 saturated carbocycles. The first kappa shape index (κ1) is 21.1. The fourth-order valence-electron chi connectivity index (χ4n) is 3.29. The van der Waals surface area contributed by atoms with E-state index in [4.69, 9.17) is 9.47 Å². The molecular formula is C25H24FNO3. The molecule has 154 valence electrons. The first-order valence-electron chi connectivity index (χ1n) is 9.50. The molecule has 0 radical (unpaired) electrons. The number of halogens is 1. The topological polar surface area (TPSA) is 38.8 Å². The van der Waals surface area contributed by atoms with Gasteiger partial charge in [0.15, 0.2) is 11.5 Å². The molecule has 5 heteroatoms. The molecule has 0 spiro atoms. The van der Waals surface area contributed by atoms with Crippen LogP contribution in [0, 0.1) is 5.82 Å². The van der Waals surface area contributed by atoms with Gasteiger partial charge < -0.3 is 14.4 Å². The van der Waals surface area contributed by atoms with Crippen LogP contribution >= 0.6 is 0 Å². The zero-order valence-corrected chi connectivity index (χ0v) is 17.2. The summed E-state index contributed by atoms with van der Waals surface area (Å²) in [4.78, 5) is 14.6. The smallest absolute Gasteiger partial charge is 0.247 e. The van der Waals surface area contributed by atoms with Crippen LogP contribution in [0.25, 0.3) is 6.08 Å². The predicted octanol–water partition coefficient (Wildman–Crippen LogP) is 5.10. The lowest BCUT2D eigenvalue weighted by atomic mass is 9.97. The van der Waals surface area contributed by atoms with Crippen LogP contribution in [0.5, 0.6) is 11.5 Å². The van der Waals surface area contributed by atoms with Crippen molar-refractivity contribution >= 4 is 12.0 Å². The van der Waals surface area contributed by atoms with Crippen molar-refractivity contribution in [1.29, 1.82) is 0 Å². The molecule has 0 aliphatic heterocycles. The van der Waals surface area contributed by atoms with Gasteiger partial charge in [-0.05, 0) is 47.0 Å². The van der Waals surface area contributed by atoms with Crippen molar-refractivity contribution in [3.63, 3.8) is 0 Å². The van der Waals surface area contributed by atoms with Crippen LogP contribution in [0.1, 0.15) is 22.7 Å². The number of carbonyl (C=O) groups excluding carboxylic acids is 1. The average molecular weight is 405 g/mol. The Morgan fingerprint density at radius 1 is 0.900 bits per heavy atom. The minimum atomic E-state index is -0.339. The van der Waals surface area contributed by atoms with Crippen LogP contribution in [-0.4, -0.2) is 32.1 Å². The molecule has 0 aliphatic carbocycles. The molecule has 30 heavy (non-hydrogen) atoms. The van der Waals surface area contributed by atoms with Crippen LogP contribution in [0.3, 0.4) is 0 Å². The summed E-state index contributed by atoms with van der Waals surface area (Å²) in [6.07, 6.45) is 3.24. The van der Waals surface area contributed by atoms with Gasteiger partial charge >= 0.3 is 0 Å². The van der Waals surface area contributed by atoms with Crippen molar-refractivity contribution in [2.45, 2.75) is 6.04 Å². The number of carbonyl (C=O) groups is 1. The Balaban J connectivity index is 1.87. The monoisotopic (exact) mass is 405 g/mol. The summed E-state index contributed by atoms with van der Waals surface area (Å²) in [5.41, 5.74) is 2.59. The lowest BCUT2D eigenvalue weighted by Crippen LogP contribution is -2.30. The van der Waals surface area contributed by atoms with Crippen LogP contribution in [0.2, 0.25) is 0 Å². The van der Waals surface area contributed by atoms with Gasteiger partial charge in [-0.3, -0.25) is 4.79 Å². The molecule has 3 rings (SSSR count). The molecule has 0 bridgehead atoms. The molecule has 1 atom stereocenters. The van der Waals surface area contributed by atoms with Crippen molar-refractivity contribution in [2.24, 2.45) is 0 Å². The minimum Gasteiger partial charge on any atom is -0.493 e. The molecule has 1 amide bonds. The summed E-state index contributed by atoms with van der Waals surface area (Å²) in [7, 11) is 4.88. The summed E-state index contributed by atoms with van der Waals surface area (Å²) in [6, 6.07) is 21.0. The molecule has 3 aromatic rings. The Kier molecular flexibility index (Phi) is 6.86. The van der Waals surface area contributed by atoms with Crippen molar-refractivity contribution in [3.05, 3.63) is 101 Å². The number of amides is 1. The number of methoxy groups -OCH3 is 2. The first-order valence-corrected chi connectivity index (χ1v) is 9.50. The molecule has 1 unspecified atom stereocenters. The number of rotatable bonds is 7. The van der Waals surface area contributed by atoms with Gasteiger partial charge in [0.25, 0.3) is 0 Å². The molecule has 0 aliphatic rings. The third kappa shape index (κ3) is 4.87. The molecule has 0 heterocycles. The molecule has 0 aromatic heterocycles. The maximum Gasteiger partial charge on any atom is 0.247 e. The van der Waals surface area contributed by atoms with Crippen molar-refractivity contribution in [2.75, 3.05) is 21.3 Å². The van der Waals surface area contributed by atoms with Gasteiger partial charge in [0.2, 0.25) is 5.91 Å². The quantitative estimate of drug-likeness (QED) is 0.513. The van der Waals surface area contributed by atoms with E-state index in [1.54, 1.807) is 56.5 Å². The van der Waals surface area contributed by atoms with Gasteiger partial charge in [-0.1, -0.05) is 48.5 Å². The number of ether oxygens (including phenoxy) is 2. The summed E-state index contributed by atoms with van der Waals surface area (Å²) in [5.74, 6) is 0.725. The Morgan fingerprint density at radius 3 is 2.17 bits per heavy atom. The zero-order chi connectivity index (χ0) is 21.5. The number of nitrogens with zero attached hydrogens (tertiary/aromatic N) is 1. The van der Waals surface area contributed by atoms with Crippen LogP contribution in [0.15, 0.2) is 78.9 Å². The zero-order valence-electron chi connectivity index (χ0n) is 17.2. The standard InChI is InChI=1S/C25H24FNO3/c1-27(24(28)16-10-18-9-15-22(29-2)23(17-18)30-3)25(19-7-5-4-6-8-19)20-11-13-21(26)14-12-20/h4-17,25H,1-3H3/b16-10+. The van der Waals surface area contributed by atoms with E-state index in [0.29, 0.717) is 11.5 Å². The van der Waals surface area contributed by atoms with E-state index < -0.39 is 0 Å². The van der Waals surface area contributed by atoms with Crippen molar-refractivity contribution < 1.29 is 18.7 Å².